The molecule has 0 spiro atoms. The first-order valence-corrected chi connectivity index (χ1v) is 6.92. The quantitative estimate of drug-likeness (QED) is 0.508. The van der Waals surface area contributed by atoms with E-state index in [4.69, 9.17) is 0 Å². The Bertz CT molecular complexity index is 294. The topological polar surface area (TPSA) is 61.4 Å². The number of urea groups is 1. The van der Waals surface area contributed by atoms with Crippen molar-refractivity contribution in [3.63, 3.8) is 0 Å². The van der Waals surface area contributed by atoms with Crippen LogP contribution in [0.25, 0.3) is 0 Å². The van der Waals surface area contributed by atoms with Crippen LogP contribution in [-0.2, 0) is 4.79 Å². The Kier molecular flexibility index (Phi) is 6.12. The molecule has 0 aromatic rings. The SMILES string of the molecule is CCCNCC(C)CN1C(=O)NC(CCC)C1=O. The van der Waals surface area contributed by atoms with E-state index in [1.54, 1.807) is 0 Å². The van der Waals surface area contributed by atoms with E-state index in [1.807, 2.05) is 6.92 Å². The molecular formula is C13H25N3O2. The number of rotatable bonds is 8. The number of nitrogens with one attached hydrogen (secondary N) is 2. The molecule has 1 saturated heterocycles. The van der Waals surface area contributed by atoms with Gasteiger partial charge in [0.2, 0.25) is 0 Å². The van der Waals surface area contributed by atoms with Crippen LogP contribution in [0.5, 0.6) is 0 Å². The second kappa shape index (κ2) is 7.36. The number of hydrogen-bond donors (Lipinski definition) is 2. The lowest BCUT2D eigenvalue weighted by atomic mass is 10.1. The van der Waals surface area contributed by atoms with Crippen molar-refractivity contribution in [1.82, 2.24) is 15.5 Å². The van der Waals surface area contributed by atoms with Gasteiger partial charge in [-0.1, -0.05) is 27.2 Å². The molecule has 3 amide bonds. The van der Waals surface area contributed by atoms with E-state index in [-0.39, 0.29) is 23.9 Å². The number of carbonyl (C=O) groups is 2. The summed E-state index contributed by atoms with van der Waals surface area (Å²) >= 11 is 0. The van der Waals surface area contributed by atoms with E-state index in [2.05, 4.69) is 24.5 Å². The summed E-state index contributed by atoms with van der Waals surface area (Å²) < 4.78 is 0. The van der Waals surface area contributed by atoms with Crippen LogP contribution in [0.15, 0.2) is 0 Å². The Hall–Kier alpha value is -1.10. The molecule has 0 radical (unpaired) electrons. The highest BCUT2D eigenvalue weighted by atomic mass is 16.2. The van der Waals surface area contributed by atoms with Gasteiger partial charge in [-0.3, -0.25) is 9.69 Å². The van der Waals surface area contributed by atoms with Crippen molar-refractivity contribution in [1.29, 1.82) is 0 Å². The summed E-state index contributed by atoms with van der Waals surface area (Å²) in [7, 11) is 0. The molecule has 18 heavy (non-hydrogen) atoms. The van der Waals surface area contributed by atoms with Gasteiger partial charge in [-0.2, -0.15) is 0 Å². The molecule has 5 heteroatoms. The van der Waals surface area contributed by atoms with Gasteiger partial charge in [0, 0.05) is 6.54 Å². The zero-order valence-corrected chi connectivity index (χ0v) is 11.7. The fourth-order valence-corrected chi connectivity index (χ4v) is 2.14. The molecule has 2 unspecified atom stereocenters. The fraction of sp³-hybridized carbons (Fsp3) is 0.846. The van der Waals surface area contributed by atoms with Crippen molar-refractivity contribution in [3.05, 3.63) is 0 Å². The smallest absolute Gasteiger partial charge is 0.324 e. The Morgan fingerprint density at radius 1 is 1.33 bits per heavy atom. The second-order valence-corrected chi connectivity index (χ2v) is 5.05. The zero-order chi connectivity index (χ0) is 13.5. The van der Waals surface area contributed by atoms with Crippen molar-refractivity contribution in [2.45, 2.75) is 46.1 Å². The maximum atomic E-state index is 12.0. The van der Waals surface area contributed by atoms with Gasteiger partial charge in [0.25, 0.3) is 5.91 Å². The van der Waals surface area contributed by atoms with Crippen LogP contribution in [-0.4, -0.2) is 42.5 Å². The van der Waals surface area contributed by atoms with Crippen LogP contribution in [0.4, 0.5) is 4.79 Å². The summed E-state index contributed by atoms with van der Waals surface area (Å²) in [4.78, 5) is 25.1. The molecule has 0 bridgehead atoms. The predicted octanol–water partition coefficient (Wildman–Crippen LogP) is 1.34. The lowest BCUT2D eigenvalue weighted by Crippen LogP contribution is -2.38. The number of imide groups is 1. The monoisotopic (exact) mass is 255 g/mol. The molecule has 0 aromatic heterocycles. The first-order chi connectivity index (χ1) is 8.60. The van der Waals surface area contributed by atoms with Crippen LogP contribution in [0, 0.1) is 5.92 Å². The summed E-state index contributed by atoms with van der Waals surface area (Å²) in [5.74, 6) is 0.218. The molecule has 0 aromatic carbocycles. The first-order valence-electron chi connectivity index (χ1n) is 6.92. The van der Waals surface area contributed by atoms with Crippen molar-refractivity contribution in [2.75, 3.05) is 19.6 Å². The van der Waals surface area contributed by atoms with E-state index in [9.17, 15) is 9.59 Å². The minimum absolute atomic E-state index is 0.0656. The van der Waals surface area contributed by atoms with Crippen molar-refractivity contribution >= 4 is 11.9 Å². The van der Waals surface area contributed by atoms with Gasteiger partial charge in [-0.05, 0) is 31.8 Å². The Morgan fingerprint density at radius 3 is 2.67 bits per heavy atom. The van der Waals surface area contributed by atoms with Crippen molar-refractivity contribution in [2.24, 2.45) is 5.92 Å². The number of hydrogen-bond acceptors (Lipinski definition) is 3. The average molecular weight is 255 g/mol. The van der Waals surface area contributed by atoms with Crippen LogP contribution >= 0.6 is 0 Å². The summed E-state index contributed by atoms with van der Waals surface area (Å²) in [5, 5.41) is 6.05. The molecule has 2 atom stereocenters. The normalized spacial score (nSPS) is 21.3. The van der Waals surface area contributed by atoms with Gasteiger partial charge in [0.1, 0.15) is 6.04 Å². The maximum absolute atomic E-state index is 12.0. The molecular weight excluding hydrogens is 230 g/mol. The Balaban J connectivity index is 2.41. The number of amides is 3. The van der Waals surface area contributed by atoms with Gasteiger partial charge in [0.15, 0.2) is 0 Å². The van der Waals surface area contributed by atoms with Crippen LogP contribution in [0.2, 0.25) is 0 Å². The highest BCUT2D eigenvalue weighted by Crippen LogP contribution is 2.12. The molecule has 1 heterocycles. The van der Waals surface area contributed by atoms with Gasteiger partial charge < -0.3 is 10.6 Å². The van der Waals surface area contributed by atoms with Crippen molar-refractivity contribution < 1.29 is 9.59 Å². The molecule has 1 aliphatic heterocycles. The molecule has 2 N–H and O–H groups in total. The molecule has 1 aliphatic rings. The second-order valence-electron chi connectivity index (χ2n) is 5.05. The number of carbonyl (C=O) groups excluding carboxylic acids is 2. The summed E-state index contributed by atoms with van der Waals surface area (Å²) in [6, 6.07) is -0.543. The maximum Gasteiger partial charge on any atom is 0.324 e. The zero-order valence-electron chi connectivity index (χ0n) is 11.7. The van der Waals surface area contributed by atoms with Crippen molar-refractivity contribution in [3.8, 4) is 0 Å². The Morgan fingerprint density at radius 2 is 2.06 bits per heavy atom. The predicted molar refractivity (Wildman–Crippen MR) is 71.3 cm³/mol. The third-order valence-electron chi connectivity index (χ3n) is 3.10. The Labute approximate surface area is 109 Å². The molecule has 1 fully saturated rings. The molecule has 1 rings (SSSR count). The molecule has 0 aliphatic carbocycles. The highest BCUT2D eigenvalue weighted by molar-refractivity contribution is 6.04. The minimum Gasteiger partial charge on any atom is -0.326 e. The largest absolute Gasteiger partial charge is 0.326 e. The third-order valence-corrected chi connectivity index (χ3v) is 3.10. The van der Waals surface area contributed by atoms with Gasteiger partial charge in [-0.25, -0.2) is 4.79 Å². The number of nitrogens with zero attached hydrogens (tertiary/aromatic N) is 1. The molecule has 5 nitrogen and oxygen atoms in total. The molecule has 0 saturated carbocycles. The standard InChI is InChI=1S/C13H25N3O2/c1-4-6-11-12(17)16(13(18)15-11)9-10(3)8-14-7-5-2/h10-11,14H,4-9H2,1-3H3,(H,15,18). The average Bonchev–Trinajstić information content (AvgIpc) is 2.58. The summed E-state index contributed by atoms with van der Waals surface area (Å²) in [5.41, 5.74) is 0. The fourth-order valence-electron chi connectivity index (χ4n) is 2.14. The third kappa shape index (κ3) is 3.98. The highest BCUT2D eigenvalue weighted by Gasteiger charge is 2.37. The lowest BCUT2D eigenvalue weighted by Gasteiger charge is -2.18. The first kappa shape index (κ1) is 15.0. The van der Waals surface area contributed by atoms with E-state index >= 15 is 0 Å². The van der Waals surface area contributed by atoms with E-state index in [1.165, 1.54) is 4.90 Å². The van der Waals surface area contributed by atoms with Crippen LogP contribution < -0.4 is 10.6 Å². The van der Waals surface area contributed by atoms with E-state index < -0.39 is 0 Å². The summed E-state index contributed by atoms with van der Waals surface area (Å²) in [6.07, 6.45) is 2.72. The summed E-state index contributed by atoms with van der Waals surface area (Å²) in [6.45, 7) is 8.49. The lowest BCUT2D eigenvalue weighted by molar-refractivity contribution is -0.128. The van der Waals surface area contributed by atoms with E-state index in [0.717, 1.165) is 32.4 Å². The minimum atomic E-state index is -0.307. The van der Waals surface area contributed by atoms with Crippen LogP contribution in [0.1, 0.15) is 40.0 Å². The van der Waals surface area contributed by atoms with Crippen LogP contribution in [0.3, 0.4) is 0 Å². The van der Waals surface area contributed by atoms with Gasteiger partial charge in [0.05, 0.1) is 0 Å². The molecule has 104 valence electrons. The van der Waals surface area contributed by atoms with E-state index in [0.29, 0.717) is 6.54 Å². The van der Waals surface area contributed by atoms with Gasteiger partial charge in [-0.15, -0.1) is 0 Å². The van der Waals surface area contributed by atoms with Gasteiger partial charge >= 0.3 is 6.03 Å².